The van der Waals surface area contributed by atoms with Crippen LogP contribution < -0.4 is 12.4 Å². The van der Waals surface area contributed by atoms with Crippen molar-refractivity contribution in [2.45, 2.75) is 117 Å². The number of hydrogen-bond acceptors (Lipinski definition) is 2. The third kappa shape index (κ3) is 18.2. The molecule has 0 spiro atoms. The highest BCUT2D eigenvalue weighted by atomic mass is 35.5. The molecular weight excluding hydrogens is 370 g/mol. The Balaban J connectivity index is 0. The van der Waals surface area contributed by atoms with Gasteiger partial charge in [-0.2, -0.15) is 0 Å². The lowest BCUT2D eigenvalue weighted by Crippen LogP contribution is -3.00. The predicted molar refractivity (Wildman–Crippen MR) is 119 cm³/mol. The highest BCUT2D eigenvalue weighted by Gasteiger charge is 2.23. The van der Waals surface area contributed by atoms with Gasteiger partial charge in [0.25, 0.3) is 0 Å². The molecule has 0 rings (SSSR count). The fourth-order valence-corrected chi connectivity index (χ4v) is 4.23. The second kappa shape index (κ2) is 23.4. The van der Waals surface area contributed by atoms with E-state index in [2.05, 4.69) is 13.8 Å². The number of quaternary nitrogens is 1. The molecule has 28 heavy (non-hydrogen) atoms. The first-order chi connectivity index (χ1) is 13.2. The Labute approximate surface area is 183 Å². The van der Waals surface area contributed by atoms with Gasteiger partial charge in [-0.1, -0.05) is 96.8 Å². The van der Waals surface area contributed by atoms with Crippen molar-refractivity contribution < 1.29 is 27.1 Å². The van der Waals surface area contributed by atoms with Gasteiger partial charge in [0.1, 0.15) is 13.1 Å². The zero-order valence-electron chi connectivity index (χ0n) is 19.3. The summed E-state index contributed by atoms with van der Waals surface area (Å²) >= 11 is 0. The van der Waals surface area contributed by atoms with Gasteiger partial charge in [-0.25, -0.2) is 0 Å². The molecule has 0 radical (unpaired) electrons. The zero-order chi connectivity index (χ0) is 20.1. The zero-order valence-corrected chi connectivity index (χ0v) is 20.0. The van der Waals surface area contributed by atoms with E-state index in [9.17, 15) is 10.2 Å². The molecule has 0 heterocycles. The maximum Gasteiger partial charge on any atom is 0.102 e. The Morgan fingerprint density at radius 3 is 1.07 bits per heavy atom. The van der Waals surface area contributed by atoms with Crippen LogP contribution in [0.1, 0.15) is 117 Å². The molecule has 172 valence electrons. The van der Waals surface area contributed by atoms with Gasteiger partial charge in [-0.05, 0) is 19.8 Å². The number of nitrogens with zero attached hydrogens (tertiary/aromatic N) is 1. The summed E-state index contributed by atoms with van der Waals surface area (Å²) in [6.45, 7) is 8.62. The van der Waals surface area contributed by atoms with Crippen LogP contribution in [-0.2, 0) is 0 Å². The molecule has 0 amide bonds. The van der Waals surface area contributed by atoms with E-state index in [1.54, 1.807) is 0 Å². The molecule has 0 aromatic heterocycles. The number of unbranched alkanes of at least 4 members (excludes halogenated alkanes) is 15. The molecular formula is C24H52ClNO2. The second-order valence-electron chi connectivity index (χ2n) is 8.58. The summed E-state index contributed by atoms with van der Waals surface area (Å²) in [7, 11) is 0. The van der Waals surface area contributed by atoms with Crippen molar-refractivity contribution >= 4 is 0 Å². The number of halogens is 1. The lowest BCUT2D eigenvalue weighted by molar-refractivity contribution is -0.927. The van der Waals surface area contributed by atoms with E-state index in [-0.39, 0.29) is 25.6 Å². The van der Waals surface area contributed by atoms with Crippen LogP contribution in [0.3, 0.4) is 0 Å². The minimum absolute atomic E-state index is 0. The van der Waals surface area contributed by atoms with Gasteiger partial charge in [0.05, 0.1) is 26.3 Å². The quantitative estimate of drug-likeness (QED) is 0.208. The predicted octanol–water partition coefficient (Wildman–Crippen LogP) is 3.07. The van der Waals surface area contributed by atoms with Gasteiger partial charge in [0, 0.05) is 0 Å². The SMILES string of the molecule is CCCCCCCCCCCCCCCCCC[N+](CC)(CCO)CCO.[Cl-]. The average Bonchev–Trinajstić information content (AvgIpc) is 2.68. The summed E-state index contributed by atoms with van der Waals surface area (Å²) in [6, 6.07) is 0. The van der Waals surface area contributed by atoms with Crippen molar-refractivity contribution in [1.29, 1.82) is 0 Å². The molecule has 0 aliphatic heterocycles. The van der Waals surface area contributed by atoms with E-state index < -0.39 is 0 Å². The molecule has 0 unspecified atom stereocenters. The normalized spacial score (nSPS) is 11.6. The molecule has 0 aliphatic carbocycles. The van der Waals surface area contributed by atoms with Crippen LogP contribution in [0.15, 0.2) is 0 Å². The average molecular weight is 422 g/mol. The van der Waals surface area contributed by atoms with E-state index in [0.29, 0.717) is 0 Å². The largest absolute Gasteiger partial charge is 1.00 e. The van der Waals surface area contributed by atoms with Gasteiger partial charge in [-0.15, -0.1) is 0 Å². The third-order valence-corrected chi connectivity index (χ3v) is 6.31. The fraction of sp³-hybridized carbons (Fsp3) is 1.00. The summed E-state index contributed by atoms with van der Waals surface area (Å²) in [4.78, 5) is 0. The van der Waals surface area contributed by atoms with Crippen molar-refractivity contribution in [3.05, 3.63) is 0 Å². The van der Waals surface area contributed by atoms with Gasteiger partial charge >= 0.3 is 0 Å². The molecule has 4 heteroatoms. The Hall–Kier alpha value is 0.170. The molecule has 0 fully saturated rings. The smallest absolute Gasteiger partial charge is 0.102 e. The van der Waals surface area contributed by atoms with Crippen LogP contribution in [-0.4, -0.2) is 54.1 Å². The summed E-state index contributed by atoms with van der Waals surface area (Å²) in [5, 5.41) is 18.6. The van der Waals surface area contributed by atoms with Crippen LogP contribution in [0.2, 0.25) is 0 Å². The van der Waals surface area contributed by atoms with Crippen LogP contribution in [0.5, 0.6) is 0 Å². The Kier molecular flexibility index (Phi) is 25.4. The van der Waals surface area contributed by atoms with Crippen LogP contribution in [0, 0.1) is 0 Å². The van der Waals surface area contributed by atoms with E-state index in [4.69, 9.17) is 0 Å². The fourth-order valence-electron chi connectivity index (χ4n) is 4.23. The highest BCUT2D eigenvalue weighted by molar-refractivity contribution is 4.51. The van der Waals surface area contributed by atoms with Gasteiger partial charge in [-0.3, -0.25) is 0 Å². The maximum atomic E-state index is 9.30. The van der Waals surface area contributed by atoms with Gasteiger partial charge in [0.2, 0.25) is 0 Å². The number of rotatable bonds is 22. The van der Waals surface area contributed by atoms with Gasteiger partial charge < -0.3 is 27.1 Å². The van der Waals surface area contributed by atoms with Crippen molar-refractivity contribution in [3.8, 4) is 0 Å². The molecule has 0 saturated carbocycles. The molecule has 0 bridgehead atoms. The standard InChI is InChI=1S/C24H52NO2.ClH/c1-3-5-6-7-8-9-10-11-12-13-14-15-16-17-18-19-20-25(4-2,21-23-26)22-24-27;/h26-27H,3-24H2,1-2H3;1H/q+1;/p-1. The highest BCUT2D eigenvalue weighted by Crippen LogP contribution is 2.15. The van der Waals surface area contributed by atoms with E-state index >= 15 is 0 Å². The first-order valence-corrected chi connectivity index (χ1v) is 12.3. The van der Waals surface area contributed by atoms with Crippen molar-refractivity contribution in [2.75, 3.05) is 39.4 Å². The number of aliphatic hydroxyl groups excluding tert-OH is 2. The summed E-state index contributed by atoms with van der Waals surface area (Å²) in [5.41, 5.74) is 0. The van der Waals surface area contributed by atoms with E-state index in [1.165, 1.54) is 103 Å². The maximum absolute atomic E-state index is 9.30. The first-order valence-electron chi connectivity index (χ1n) is 12.3. The van der Waals surface area contributed by atoms with E-state index in [0.717, 1.165) is 30.7 Å². The summed E-state index contributed by atoms with van der Waals surface area (Å²) < 4.78 is 0.881. The summed E-state index contributed by atoms with van der Waals surface area (Å²) in [5.74, 6) is 0. The second-order valence-corrected chi connectivity index (χ2v) is 8.58. The molecule has 0 atom stereocenters. The Morgan fingerprint density at radius 1 is 0.464 bits per heavy atom. The minimum atomic E-state index is 0. The van der Waals surface area contributed by atoms with Gasteiger partial charge in [0.15, 0.2) is 0 Å². The minimum Gasteiger partial charge on any atom is -1.00 e. The monoisotopic (exact) mass is 421 g/mol. The van der Waals surface area contributed by atoms with Crippen LogP contribution >= 0.6 is 0 Å². The lowest BCUT2D eigenvalue weighted by atomic mass is 10.0. The molecule has 0 aliphatic rings. The number of hydrogen-bond donors (Lipinski definition) is 2. The lowest BCUT2D eigenvalue weighted by Gasteiger charge is -2.37. The molecule has 3 nitrogen and oxygen atoms in total. The molecule has 0 saturated heterocycles. The van der Waals surface area contributed by atoms with E-state index in [1.807, 2.05) is 0 Å². The number of aliphatic hydroxyl groups is 2. The Morgan fingerprint density at radius 2 is 0.786 bits per heavy atom. The van der Waals surface area contributed by atoms with Crippen molar-refractivity contribution in [1.82, 2.24) is 0 Å². The van der Waals surface area contributed by atoms with Crippen molar-refractivity contribution in [2.24, 2.45) is 0 Å². The molecule has 0 aromatic carbocycles. The first kappa shape index (κ1) is 30.4. The van der Waals surface area contributed by atoms with Crippen LogP contribution in [0.4, 0.5) is 0 Å². The number of likely N-dealkylation sites (N-methyl/N-ethyl adjacent to an activating group) is 1. The molecule has 0 aromatic rings. The summed E-state index contributed by atoms with van der Waals surface area (Å²) in [6.07, 6.45) is 22.4. The van der Waals surface area contributed by atoms with Crippen LogP contribution in [0.25, 0.3) is 0 Å². The topological polar surface area (TPSA) is 40.5 Å². The Bertz CT molecular complexity index is 284. The van der Waals surface area contributed by atoms with Crippen molar-refractivity contribution in [3.63, 3.8) is 0 Å². The molecule has 2 N–H and O–H groups in total. The third-order valence-electron chi connectivity index (χ3n) is 6.31.